The highest BCUT2D eigenvalue weighted by Crippen LogP contribution is 2.29. The molecular formula is C26H27ClN2OS. The molecule has 0 saturated carbocycles. The van der Waals surface area contributed by atoms with Gasteiger partial charge in [0.05, 0.1) is 11.8 Å². The molecule has 160 valence electrons. The molecule has 0 aliphatic carbocycles. The summed E-state index contributed by atoms with van der Waals surface area (Å²) in [6.45, 7) is 3.30. The first-order valence-electron chi connectivity index (χ1n) is 10.6. The fourth-order valence-corrected chi connectivity index (χ4v) is 5.06. The summed E-state index contributed by atoms with van der Waals surface area (Å²) < 4.78 is 0. The first kappa shape index (κ1) is 21.9. The van der Waals surface area contributed by atoms with E-state index in [0.29, 0.717) is 5.75 Å². The summed E-state index contributed by atoms with van der Waals surface area (Å²) in [5.41, 5.74) is 3.79. The highest BCUT2D eigenvalue weighted by molar-refractivity contribution is 7.99. The van der Waals surface area contributed by atoms with Gasteiger partial charge in [-0.1, -0.05) is 84.4 Å². The Morgan fingerprint density at radius 2 is 1.35 bits per heavy atom. The minimum Gasteiger partial charge on any atom is -0.339 e. The lowest BCUT2D eigenvalue weighted by atomic mass is 9.96. The zero-order chi connectivity index (χ0) is 21.5. The maximum Gasteiger partial charge on any atom is 0.232 e. The van der Waals surface area contributed by atoms with Gasteiger partial charge in [-0.2, -0.15) is 0 Å². The van der Waals surface area contributed by atoms with E-state index in [1.807, 2.05) is 29.2 Å². The van der Waals surface area contributed by atoms with Crippen LogP contribution in [0.5, 0.6) is 0 Å². The first-order chi connectivity index (χ1) is 15.2. The van der Waals surface area contributed by atoms with E-state index in [4.69, 9.17) is 11.6 Å². The monoisotopic (exact) mass is 450 g/mol. The zero-order valence-corrected chi connectivity index (χ0v) is 19.1. The molecule has 0 aromatic heterocycles. The number of carbonyl (C=O) groups is 1. The van der Waals surface area contributed by atoms with E-state index in [2.05, 4.69) is 65.6 Å². The van der Waals surface area contributed by atoms with Gasteiger partial charge in [-0.25, -0.2) is 0 Å². The van der Waals surface area contributed by atoms with Crippen molar-refractivity contribution in [1.29, 1.82) is 0 Å². The molecule has 3 nitrogen and oxygen atoms in total. The summed E-state index contributed by atoms with van der Waals surface area (Å²) in [7, 11) is 0. The Labute approximate surface area is 194 Å². The topological polar surface area (TPSA) is 23.6 Å². The Bertz CT molecular complexity index is 918. The maximum atomic E-state index is 12.7. The summed E-state index contributed by atoms with van der Waals surface area (Å²) in [6.07, 6.45) is 0. The van der Waals surface area contributed by atoms with E-state index in [1.54, 1.807) is 11.8 Å². The molecule has 4 rings (SSSR count). The first-order valence-corrected chi connectivity index (χ1v) is 12.2. The number of nitrogens with zero attached hydrogens (tertiary/aromatic N) is 2. The normalized spacial score (nSPS) is 14.7. The van der Waals surface area contributed by atoms with E-state index in [-0.39, 0.29) is 11.9 Å². The Hall–Kier alpha value is -2.27. The van der Waals surface area contributed by atoms with Gasteiger partial charge in [-0.05, 0) is 28.8 Å². The van der Waals surface area contributed by atoms with Gasteiger partial charge in [-0.3, -0.25) is 9.69 Å². The Balaban J connectivity index is 1.33. The fourth-order valence-electron chi connectivity index (χ4n) is 4.04. The van der Waals surface area contributed by atoms with Crippen LogP contribution in [0.1, 0.15) is 22.7 Å². The molecule has 1 aliphatic rings. The van der Waals surface area contributed by atoms with Crippen LogP contribution in [0.2, 0.25) is 5.02 Å². The van der Waals surface area contributed by atoms with Gasteiger partial charge in [-0.15, -0.1) is 11.8 Å². The minimum atomic E-state index is 0.221. The molecule has 0 radical (unpaired) electrons. The van der Waals surface area contributed by atoms with Gasteiger partial charge in [0.25, 0.3) is 0 Å². The highest BCUT2D eigenvalue weighted by atomic mass is 35.5. The SMILES string of the molecule is O=C(CSCc1ccc(Cl)cc1)N1CCN(C(c2ccccc2)c2ccccc2)CC1. The van der Waals surface area contributed by atoms with Crippen molar-refractivity contribution in [2.45, 2.75) is 11.8 Å². The third-order valence-electron chi connectivity index (χ3n) is 5.67. The van der Waals surface area contributed by atoms with Crippen LogP contribution in [0.15, 0.2) is 84.9 Å². The van der Waals surface area contributed by atoms with Crippen molar-refractivity contribution >= 4 is 29.3 Å². The highest BCUT2D eigenvalue weighted by Gasteiger charge is 2.27. The number of amides is 1. The van der Waals surface area contributed by atoms with Crippen molar-refractivity contribution in [2.75, 3.05) is 31.9 Å². The molecule has 1 heterocycles. The average Bonchev–Trinajstić information content (AvgIpc) is 2.82. The molecule has 1 fully saturated rings. The standard InChI is InChI=1S/C26H27ClN2OS/c27-24-13-11-21(12-14-24)19-31-20-25(30)28-15-17-29(18-16-28)26(22-7-3-1-4-8-22)23-9-5-2-6-10-23/h1-14,26H,15-20H2. The molecule has 3 aromatic carbocycles. The molecule has 0 unspecified atom stereocenters. The van der Waals surface area contributed by atoms with Crippen LogP contribution in [0.4, 0.5) is 0 Å². The van der Waals surface area contributed by atoms with Crippen LogP contribution < -0.4 is 0 Å². The van der Waals surface area contributed by atoms with E-state index >= 15 is 0 Å². The lowest BCUT2D eigenvalue weighted by Gasteiger charge is -2.39. The van der Waals surface area contributed by atoms with Crippen molar-refractivity contribution in [3.05, 3.63) is 107 Å². The molecule has 1 saturated heterocycles. The van der Waals surface area contributed by atoms with Gasteiger partial charge in [0.15, 0.2) is 0 Å². The molecule has 5 heteroatoms. The van der Waals surface area contributed by atoms with Crippen molar-refractivity contribution < 1.29 is 4.79 Å². The van der Waals surface area contributed by atoms with E-state index in [9.17, 15) is 4.79 Å². The van der Waals surface area contributed by atoms with E-state index < -0.39 is 0 Å². The molecule has 0 spiro atoms. The van der Waals surface area contributed by atoms with Gasteiger partial charge in [0, 0.05) is 37.0 Å². The number of carbonyl (C=O) groups excluding carboxylic acids is 1. The lowest BCUT2D eigenvalue weighted by Crippen LogP contribution is -2.50. The lowest BCUT2D eigenvalue weighted by molar-refractivity contribution is -0.130. The Kier molecular flexibility index (Phi) is 7.68. The summed E-state index contributed by atoms with van der Waals surface area (Å²) in [5.74, 6) is 1.57. The number of piperazine rings is 1. The molecule has 3 aromatic rings. The number of rotatable bonds is 7. The van der Waals surface area contributed by atoms with Crippen LogP contribution >= 0.6 is 23.4 Å². The molecule has 31 heavy (non-hydrogen) atoms. The van der Waals surface area contributed by atoms with Crippen LogP contribution in [0.3, 0.4) is 0 Å². The van der Waals surface area contributed by atoms with Gasteiger partial charge < -0.3 is 4.90 Å². The van der Waals surface area contributed by atoms with Gasteiger partial charge in [0.1, 0.15) is 0 Å². The van der Waals surface area contributed by atoms with Crippen molar-refractivity contribution in [3.8, 4) is 0 Å². The largest absolute Gasteiger partial charge is 0.339 e. The molecule has 1 amide bonds. The van der Waals surface area contributed by atoms with Crippen molar-refractivity contribution in [3.63, 3.8) is 0 Å². The second kappa shape index (κ2) is 10.9. The second-order valence-corrected chi connectivity index (χ2v) is 9.18. The second-order valence-electron chi connectivity index (χ2n) is 7.76. The number of hydrogen-bond acceptors (Lipinski definition) is 3. The van der Waals surface area contributed by atoms with Crippen molar-refractivity contribution in [2.24, 2.45) is 0 Å². The van der Waals surface area contributed by atoms with E-state index in [1.165, 1.54) is 16.7 Å². The van der Waals surface area contributed by atoms with Crippen molar-refractivity contribution in [1.82, 2.24) is 9.80 Å². The maximum absolute atomic E-state index is 12.7. The van der Waals surface area contributed by atoms with Crippen LogP contribution in [0.25, 0.3) is 0 Å². The zero-order valence-electron chi connectivity index (χ0n) is 17.5. The molecule has 0 N–H and O–H groups in total. The predicted octanol–water partition coefficient (Wildman–Crippen LogP) is 5.51. The summed E-state index contributed by atoms with van der Waals surface area (Å²) >= 11 is 7.61. The van der Waals surface area contributed by atoms with Gasteiger partial charge in [0.2, 0.25) is 5.91 Å². The summed E-state index contributed by atoms with van der Waals surface area (Å²) in [4.78, 5) is 17.2. The average molecular weight is 451 g/mol. The molecular weight excluding hydrogens is 424 g/mol. The quantitative estimate of drug-likeness (QED) is 0.474. The third kappa shape index (κ3) is 5.91. The van der Waals surface area contributed by atoms with Gasteiger partial charge >= 0.3 is 0 Å². The number of thioether (sulfide) groups is 1. The molecule has 1 aliphatic heterocycles. The predicted molar refractivity (Wildman–Crippen MR) is 130 cm³/mol. The van der Waals surface area contributed by atoms with Crippen LogP contribution in [-0.4, -0.2) is 47.6 Å². The fraction of sp³-hybridized carbons (Fsp3) is 0.269. The summed E-state index contributed by atoms with van der Waals surface area (Å²) in [5, 5.41) is 0.743. The third-order valence-corrected chi connectivity index (χ3v) is 6.91. The number of benzene rings is 3. The Morgan fingerprint density at radius 3 is 1.90 bits per heavy atom. The minimum absolute atomic E-state index is 0.221. The molecule has 0 atom stereocenters. The number of halogens is 1. The van der Waals surface area contributed by atoms with Crippen LogP contribution in [0, 0.1) is 0 Å². The molecule has 0 bridgehead atoms. The smallest absolute Gasteiger partial charge is 0.232 e. The Morgan fingerprint density at radius 1 is 0.806 bits per heavy atom. The van der Waals surface area contributed by atoms with Crippen LogP contribution in [-0.2, 0) is 10.5 Å². The van der Waals surface area contributed by atoms with E-state index in [0.717, 1.165) is 37.0 Å². The summed E-state index contributed by atoms with van der Waals surface area (Å²) in [6, 6.07) is 29.4. The number of hydrogen-bond donors (Lipinski definition) is 0.